The molecule has 2 N–H and O–H groups in total. The molecule has 55 heavy (non-hydrogen) atoms. The van der Waals surface area contributed by atoms with Crippen molar-refractivity contribution >= 4 is 41.0 Å². The van der Waals surface area contributed by atoms with Crippen molar-refractivity contribution in [2.75, 3.05) is 44.2 Å². The van der Waals surface area contributed by atoms with Crippen LogP contribution in [0.4, 0.5) is 5.69 Å². The minimum absolute atomic E-state index is 0.0999. The van der Waals surface area contributed by atoms with Gasteiger partial charge in [0.05, 0.1) is 22.1 Å². The van der Waals surface area contributed by atoms with Gasteiger partial charge in [0.25, 0.3) is 0 Å². The van der Waals surface area contributed by atoms with Gasteiger partial charge in [-0.1, -0.05) is 77.1 Å². The molecule has 3 heterocycles. The lowest BCUT2D eigenvalue weighted by molar-refractivity contribution is -0.144. The Hall–Kier alpha value is -4.09. The second kappa shape index (κ2) is 20.2. The summed E-state index contributed by atoms with van der Waals surface area (Å²) < 4.78 is 0. The molecule has 5 rings (SSSR count). The van der Waals surface area contributed by atoms with Crippen molar-refractivity contribution in [1.82, 2.24) is 25.4 Å². The third-order valence-corrected chi connectivity index (χ3v) is 12.2. The Morgan fingerprint density at radius 2 is 1.53 bits per heavy atom. The first-order valence-corrected chi connectivity index (χ1v) is 21.3. The number of amides is 3. The van der Waals surface area contributed by atoms with Gasteiger partial charge < -0.3 is 20.4 Å². The topological polar surface area (TPSA) is 115 Å². The Morgan fingerprint density at radius 1 is 0.873 bits per heavy atom. The van der Waals surface area contributed by atoms with Crippen molar-refractivity contribution in [3.63, 3.8) is 0 Å². The molecular formula is C44H62N6O4S. The zero-order valence-electron chi connectivity index (χ0n) is 33.6. The van der Waals surface area contributed by atoms with Gasteiger partial charge in [-0.15, -0.1) is 11.3 Å². The second-order valence-electron chi connectivity index (χ2n) is 16.4. The molecule has 0 radical (unpaired) electrons. The molecule has 2 saturated heterocycles. The molecule has 11 heteroatoms. The molecule has 3 aromatic rings. The number of carbonyl (C=O) groups is 4. The summed E-state index contributed by atoms with van der Waals surface area (Å²) in [6, 6.07) is 14.6. The van der Waals surface area contributed by atoms with Gasteiger partial charge in [-0.3, -0.25) is 24.1 Å². The number of aldehydes is 1. The SMILES string of the molecule is Cc1ncsc1-c1ccc(C(C)NC(=O)C2CCCN2C(=O)C(NC(=O)CCCCCCCCCN2CCN(c3ccc(C=O)cc3)CC2)C(C)(C)C)cc1. The van der Waals surface area contributed by atoms with Crippen LogP contribution in [-0.2, 0) is 14.4 Å². The molecule has 2 aliphatic rings. The van der Waals surface area contributed by atoms with E-state index in [1.54, 1.807) is 16.2 Å². The Bertz CT molecular complexity index is 1690. The van der Waals surface area contributed by atoms with E-state index >= 15 is 0 Å². The number of carbonyl (C=O) groups excluding carboxylic acids is 4. The molecule has 2 aromatic carbocycles. The van der Waals surface area contributed by atoms with Crippen molar-refractivity contribution in [3.05, 3.63) is 70.9 Å². The number of piperazine rings is 1. The molecule has 0 spiro atoms. The van der Waals surface area contributed by atoms with Crippen LogP contribution in [0.2, 0.25) is 0 Å². The van der Waals surface area contributed by atoms with Crippen LogP contribution in [0.3, 0.4) is 0 Å². The largest absolute Gasteiger partial charge is 0.369 e. The van der Waals surface area contributed by atoms with Crippen LogP contribution in [0.15, 0.2) is 54.0 Å². The number of rotatable bonds is 18. The maximum atomic E-state index is 14.0. The molecule has 1 aromatic heterocycles. The lowest BCUT2D eigenvalue weighted by atomic mass is 9.85. The number of benzene rings is 2. The molecule has 0 saturated carbocycles. The number of unbranched alkanes of at least 4 members (excludes halogenated alkanes) is 6. The predicted molar refractivity (Wildman–Crippen MR) is 222 cm³/mol. The maximum Gasteiger partial charge on any atom is 0.246 e. The van der Waals surface area contributed by atoms with E-state index in [4.69, 9.17) is 0 Å². The molecule has 0 bridgehead atoms. The van der Waals surface area contributed by atoms with Gasteiger partial charge in [0.15, 0.2) is 0 Å². The Balaban J connectivity index is 0.969. The summed E-state index contributed by atoms with van der Waals surface area (Å²) in [5.41, 5.74) is 6.37. The first-order valence-electron chi connectivity index (χ1n) is 20.4. The highest BCUT2D eigenvalue weighted by Crippen LogP contribution is 2.30. The van der Waals surface area contributed by atoms with Crippen LogP contribution in [0, 0.1) is 12.3 Å². The van der Waals surface area contributed by atoms with E-state index in [0.29, 0.717) is 24.9 Å². The molecule has 298 valence electrons. The zero-order chi connectivity index (χ0) is 39.4. The van der Waals surface area contributed by atoms with Crippen LogP contribution >= 0.6 is 11.3 Å². The van der Waals surface area contributed by atoms with Crippen molar-refractivity contribution < 1.29 is 19.2 Å². The summed E-state index contributed by atoms with van der Waals surface area (Å²) in [5, 5.41) is 6.21. The Kier molecular flexibility index (Phi) is 15.4. The second-order valence-corrected chi connectivity index (χ2v) is 17.3. The van der Waals surface area contributed by atoms with Gasteiger partial charge in [-0.05, 0) is 86.9 Å². The molecule has 2 aliphatic heterocycles. The molecule has 2 fully saturated rings. The molecular weight excluding hydrogens is 709 g/mol. The first kappa shape index (κ1) is 42.1. The third-order valence-electron chi connectivity index (χ3n) is 11.2. The number of thiazole rings is 1. The highest BCUT2D eigenvalue weighted by molar-refractivity contribution is 7.13. The molecule has 3 atom stereocenters. The molecule has 0 aliphatic carbocycles. The summed E-state index contributed by atoms with van der Waals surface area (Å²) >= 11 is 1.62. The highest BCUT2D eigenvalue weighted by Gasteiger charge is 2.42. The Labute approximate surface area is 332 Å². The Morgan fingerprint density at radius 3 is 2.15 bits per heavy atom. The van der Waals surface area contributed by atoms with Gasteiger partial charge in [0.2, 0.25) is 17.7 Å². The summed E-state index contributed by atoms with van der Waals surface area (Å²) in [6.07, 6.45) is 10.4. The quantitative estimate of drug-likeness (QED) is 0.101. The number of likely N-dealkylation sites (tertiary alicyclic amines) is 1. The van der Waals surface area contributed by atoms with Crippen LogP contribution < -0.4 is 15.5 Å². The van der Waals surface area contributed by atoms with Crippen LogP contribution in [0.5, 0.6) is 0 Å². The minimum atomic E-state index is -0.702. The average Bonchev–Trinajstić information content (AvgIpc) is 3.85. The minimum Gasteiger partial charge on any atom is -0.369 e. The van der Waals surface area contributed by atoms with Crippen molar-refractivity contribution in [2.45, 2.75) is 117 Å². The van der Waals surface area contributed by atoms with Gasteiger partial charge in [0.1, 0.15) is 18.4 Å². The van der Waals surface area contributed by atoms with Gasteiger partial charge >= 0.3 is 0 Å². The summed E-state index contributed by atoms with van der Waals surface area (Å²) in [4.78, 5) is 63.7. The number of hydrogen-bond acceptors (Lipinski definition) is 8. The lowest BCUT2D eigenvalue weighted by Crippen LogP contribution is -2.57. The van der Waals surface area contributed by atoms with E-state index in [0.717, 1.165) is 86.4 Å². The van der Waals surface area contributed by atoms with E-state index < -0.39 is 17.5 Å². The van der Waals surface area contributed by atoms with Crippen molar-refractivity contribution in [2.24, 2.45) is 5.41 Å². The van der Waals surface area contributed by atoms with Crippen LogP contribution in [0.25, 0.3) is 10.4 Å². The van der Waals surface area contributed by atoms with Crippen LogP contribution in [0.1, 0.15) is 120 Å². The van der Waals surface area contributed by atoms with Gasteiger partial charge in [0, 0.05) is 50.4 Å². The molecule has 3 amide bonds. The van der Waals surface area contributed by atoms with E-state index in [2.05, 4.69) is 37.6 Å². The van der Waals surface area contributed by atoms with Gasteiger partial charge in [-0.2, -0.15) is 0 Å². The normalized spacial score (nSPS) is 17.5. The molecule has 10 nitrogen and oxygen atoms in total. The van der Waals surface area contributed by atoms with Crippen molar-refractivity contribution in [3.8, 4) is 10.4 Å². The fourth-order valence-electron chi connectivity index (χ4n) is 7.74. The maximum absolute atomic E-state index is 14.0. The predicted octanol–water partition coefficient (Wildman–Crippen LogP) is 7.57. The zero-order valence-corrected chi connectivity index (χ0v) is 34.5. The molecule has 3 unspecified atom stereocenters. The monoisotopic (exact) mass is 770 g/mol. The number of nitrogens with zero attached hydrogens (tertiary/aromatic N) is 4. The van der Waals surface area contributed by atoms with E-state index in [1.807, 2.05) is 76.5 Å². The van der Waals surface area contributed by atoms with Crippen molar-refractivity contribution in [1.29, 1.82) is 0 Å². The fourth-order valence-corrected chi connectivity index (χ4v) is 8.56. The number of anilines is 1. The van der Waals surface area contributed by atoms with E-state index in [1.165, 1.54) is 31.4 Å². The third kappa shape index (κ3) is 12.0. The number of nitrogens with one attached hydrogen (secondary N) is 2. The summed E-state index contributed by atoms with van der Waals surface area (Å²) in [7, 11) is 0. The van der Waals surface area contributed by atoms with E-state index in [9.17, 15) is 19.2 Å². The number of aromatic nitrogens is 1. The fraction of sp³-hybridized carbons (Fsp3) is 0.568. The number of hydrogen-bond donors (Lipinski definition) is 2. The standard InChI is InChI=1S/C44H62N6O4S/c1-32(35-18-20-36(21-19-35)40-33(2)45-31-55-40)46-42(53)38-14-13-25-50(38)43(54)41(44(3,4)5)47-39(52)15-11-9-7-6-8-10-12-24-48-26-28-49(29-27-48)37-22-16-34(30-51)17-23-37/h16-23,30-32,38,41H,6-15,24-29H2,1-5H3,(H,46,53)(H,47,52). The number of aryl methyl sites for hydroxylation is 1. The first-order chi connectivity index (χ1) is 26.4. The van der Waals surface area contributed by atoms with Gasteiger partial charge in [-0.25, -0.2) is 4.98 Å². The van der Waals surface area contributed by atoms with E-state index in [-0.39, 0.29) is 23.8 Å². The highest BCUT2D eigenvalue weighted by atomic mass is 32.1. The smallest absolute Gasteiger partial charge is 0.246 e. The lowest BCUT2D eigenvalue weighted by Gasteiger charge is -2.36. The summed E-state index contributed by atoms with van der Waals surface area (Å²) in [6.45, 7) is 15.7. The average molecular weight is 771 g/mol. The van der Waals surface area contributed by atoms with Crippen LogP contribution in [-0.4, -0.2) is 90.1 Å². The summed E-state index contributed by atoms with van der Waals surface area (Å²) in [5.74, 6) is -0.433.